The van der Waals surface area contributed by atoms with Gasteiger partial charge in [-0.2, -0.15) is 0 Å². The van der Waals surface area contributed by atoms with Gasteiger partial charge in [-0.3, -0.25) is 4.79 Å². The largest absolute Gasteiger partial charge is 0.494 e. The number of anilines is 1. The third-order valence-electron chi connectivity index (χ3n) is 3.53. The Morgan fingerprint density at radius 2 is 1.79 bits per heavy atom. The van der Waals surface area contributed by atoms with E-state index in [1.165, 1.54) is 5.56 Å². The third-order valence-corrected chi connectivity index (χ3v) is 3.53. The molecule has 2 aromatic rings. The van der Waals surface area contributed by atoms with E-state index in [-0.39, 0.29) is 11.3 Å². The van der Waals surface area contributed by atoms with Gasteiger partial charge in [0.05, 0.1) is 6.61 Å². The molecule has 3 nitrogen and oxygen atoms in total. The SMILES string of the molecule is CC(C)(C)CC(=O)Nc1cccc(OCCCc2ccccc2)c1. The van der Waals surface area contributed by atoms with Crippen LogP contribution in [0.2, 0.25) is 0 Å². The monoisotopic (exact) mass is 325 g/mol. The third kappa shape index (κ3) is 6.86. The first-order valence-electron chi connectivity index (χ1n) is 8.49. The van der Waals surface area contributed by atoms with Crippen LogP contribution in [0.15, 0.2) is 54.6 Å². The van der Waals surface area contributed by atoms with Gasteiger partial charge in [-0.25, -0.2) is 0 Å². The maximum Gasteiger partial charge on any atom is 0.224 e. The second-order valence-electron chi connectivity index (χ2n) is 7.25. The lowest BCUT2D eigenvalue weighted by Gasteiger charge is -2.17. The normalized spacial score (nSPS) is 11.1. The molecular formula is C21H27NO2. The van der Waals surface area contributed by atoms with E-state index in [0.29, 0.717) is 13.0 Å². The standard InChI is InChI=1S/C21H27NO2/c1-21(2,3)16-20(23)22-18-12-7-13-19(15-18)24-14-8-11-17-9-5-4-6-10-17/h4-7,9-10,12-13,15H,8,11,14,16H2,1-3H3,(H,22,23). The van der Waals surface area contributed by atoms with Crippen LogP contribution in [-0.4, -0.2) is 12.5 Å². The van der Waals surface area contributed by atoms with Crippen LogP contribution in [0.3, 0.4) is 0 Å². The van der Waals surface area contributed by atoms with Gasteiger partial charge >= 0.3 is 0 Å². The fraction of sp³-hybridized carbons (Fsp3) is 0.381. The highest BCUT2D eigenvalue weighted by Crippen LogP contribution is 2.21. The van der Waals surface area contributed by atoms with E-state index in [1.54, 1.807) is 0 Å². The topological polar surface area (TPSA) is 38.3 Å². The Kier molecular flexibility index (Phi) is 6.42. The zero-order chi connectivity index (χ0) is 17.4. The average Bonchev–Trinajstić information content (AvgIpc) is 2.51. The fourth-order valence-electron chi connectivity index (χ4n) is 2.46. The summed E-state index contributed by atoms with van der Waals surface area (Å²) in [7, 11) is 0. The van der Waals surface area contributed by atoms with Crippen molar-refractivity contribution >= 4 is 11.6 Å². The second-order valence-corrected chi connectivity index (χ2v) is 7.25. The van der Waals surface area contributed by atoms with Crippen molar-refractivity contribution in [3.05, 3.63) is 60.2 Å². The van der Waals surface area contributed by atoms with Crippen LogP contribution < -0.4 is 10.1 Å². The van der Waals surface area contributed by atoms with E-state index >= 15 is 0 Å². The molecule has 0 aliphatic heterocycles. The first-order chi connectivity index (χ1) is 11.4. The molecule has 128 valence electrons. The summed E-state index contributed by atoms with van der Waals surface area (Å²) in [5.41, 5.74) is 2.09. The Hall–Kier alpha value is -2.29. The van der Waals surface area contributed by atoms with Gasteiger partial charge in [0, 0.05) is 18.2 Å². The molecule has 0 aromatic heterocycles. The van der Waals surface area contributed by atoms with Gasteiger partial charge in [0.2, 0.25) is 5.91 Å². The average molecular weight is 325 g/mol. The summed E-state index contributed by atoms with van der Waals surface area (Å²) in [6, 6.07) is 18.0. The second kappa shape index (κ2) is 8.53. The van der Waals surface area contributed by atoms with E-state index < -0.39 is 0 Å². The number of rotatable bonds is 7. The van der Waals surface area contributed by atoms with Crippen LogP contribution in [0.25, 0.3) is 0 Å². The van der Waals surface area contributed by atoms with Crippen LogP contribution in [-0.2, 0) is 11.2 Å². The molecule has 0 aliphatic rings. The molecule has 2 rings (SSSR count). The molecule has 1 N–H and O–H groups in total. The highest BCUT2D eigenvalue weighted by atomic mass is 16.5. The van der Waals surface area contributed by atoms with Crippen molar-refractivity contribution in [3.63, 3.8) is 0 Å². The highest BCUT2D eigenvalue weighted by molar-refractivity contribution is 5.91. The van der Waals surface area contributed by atoms with Gasteiger partial charge in [0.25, 0.3) is 0 Å². The van der Waals surface area contributed by atoms with Crippen LogP contribution in [0.4, 0.5) is 5.69 Å². The van der Waals surface area contributed by atoms with Crippen molar-refractivity contribution in [2.45, 2.75) is 40.0 Å². The summed E-state index contributed by atoms with van der Waals surface area (Å²) < 4.78 is 5.80. The number of hydrogen-bond acceptors (Lipinski definition) is 2. The van der Waals surface area contributed by atoms with Gasteiger partial charge < -0.3 is 10.1 Å². The molecule has 0 spiro atoms. The molecule has 0 atom stereocenters. The first-order valence-corrected chi connectivity index (χ1v) is 8.49. The fourth-order valence-corrected chi connectivity index (χ4v) is 2.46. The van der Waals surface area contributed by atoms with E-state index in [9.17, 15) is 4.79 Å². The molecule has 0 bridgehead atoms. The van der Waals surface area contributed by atoms with Crippen LogP contribution in [0.5, 0.6) is 5.75 Å². The molecule has 3 heteroatoms. The van der Waals surface area contributed by atoms with Gasteiger partial charge in [-0.05, 0) is 36.0 Å². The predicted molar refractivity (Wildman–Crippen MR) is 99.4 cm³/mol. The zero-order valence-corrected chi connectivity index (χ0v) is 14.8. The van der Waals surface area contributed by atoms with Crippen LogP contribution in [0, 0.1) is 5.41 Å². The summed E-state index contributed by atoms with van der Waals surface area (Å²) in [6.07, 6.45) is 2.46. The molecule has 2 aromatic carbocycles. The molecular weight excluding hydrogens is 298 g/mol. The highest BCUT2D eigenvalue weighted by Gasteiger charge is 2.15. The van der Waals surface area contributed by atoms with Crippen LogP contribution in [0.1, 0.15) is 39.2 Å². The number of nitrogens with one attached hydrogen (secondary N) is 1. The summed E-state index contributed by atoms with van der Waals surface area (Å²) in [5.74, 6) is 0.820. The molecule has 0 saturated carbocycles. The summed E-state index contributed by atoms with van der Waals surface area (Å²) in [5, 5.41) is 2.94. The molecule has 0 aliphatic carbocycles. The maximum atomic E-state index is 12.0. The summed E-state index contributed by atoms with van der Waals surface area (Å²) in [6.45, 7) is 6.82. The molecule has 0 saturated heterocycles. The van der Waals surface area contributed by atoms with Gasteiger partial charge in [-0.1, -0.05) is 57.2 Å². The number of carbonyl (C=O) groups excluding carboxylic acids is 1. The van der Waals surface area contributed by atoms with Gasteiger partial charge in [0.15, 0.2) is 0 Å². The Morgan fingerprint density at radius 3 is 2.50 bits per heavy atom. The zero-order valence-electron chi connectivity index (χ0n) is 14.8. The summed E-state index contributed by atoms with van der Waals surface area (Å²) >= 11 is 0. The number of hydrogen-bond donors (Lipinski definition) is 1. The smallest absolute Gasteiger partial charge is 0.224 e. The van der Waals surface area contributed by atoms with Crippen molar-refractivity contribution in [1.82, 2.24) is 0 Å². The molecule has 0 fully saturated rings. The predicted octanol–water partition coefficient (Wildman–Crippen LogP) is 5.07. The minimum atomic E-state index is -0.0182. The Morgan fingerprint density at radius 1 is 1.04 bits per heavy atom. The molecule has 0 unspecified atom stereocenters. The lowest BCUT2D eigenvalue weighted by Crippen LogP contribution is -2.19. The minimum absolute atomic E-state index is 0.0182. The van der Waals surface area contributed by atoms with E-state index in [1.807, 2.05) is 30.3 Å². The maximum absolute atomic E-state index is 12.0. The molecule has 0 radical (unpaired) electrons. The number of aryl methyl sites for hydroxylation is 1. The van der Waals surface area contributed by atoms with Crippen molar-refractivity contribution in [2.75, 3.05) is 11.9 Å². The molecule has 0 heterocycles. The number of benzene rings is 2. The Labute approximate surface area is 145 Å². The lowest BCUT2D eigenvalue weighted by atomic mass is 9.92. The molecule has 24 heavy (non-hydrogen) atoms. The Balaban J connectivity index is 1.79. The Bertz CT molecular complexity index is 644. The van der Waals surface area contributed by atoms with Gasteiger partial charge in [-0.15, -0.1) is 0 Å². The van der Waals surface area contributed by atoms with Crippen molar-refractivity contribution in [2.24, 2.45) is 5.41 Å². The number of ether oxygens (including phenoxy) is 1. The van der Waals surface area contributed by atoms with Crippen molar-refractivity contribution in [1.29, 1.82) is 0 Å². The quantitative estimate of drug-likeness (QED) is 0.722. The van der Waals surface area contributed by atoms with E-state index in [0.717, 1.165) is 24.3 Å². The lowest BCUT2D eigenvalue weighted by molar-refractivity contribution is -0.117. The van der Waals surface area contributed by atoms with Crippen molar-refractivity contribution < 1.29 is 9.53 Å². The molecule has 1 amide bonds. The first kappa shape index (κ1) is 18.1. The summed E-state index contributed by atoms with van der Waals surface area (Å²) in [4.78, 5) is 12.0. The minimum Gasteiger partial charge on any atom is -0.494 e. The van der Waals surface area contributed by atoms with Crippen molar-refractivity contribution in [3.8, 4) is 5.75 Å². The number of amides is 1. The van der Waals surface area contributed by atoms with Gasteiger partial charge in [0.1, 0.15) is 5.75 Å². The van der Waals surface area contributed by atoms with E-state index in [4.69, 9.17) is 4.74 Å². The number of carbonyl (C=O) groups is 1. The van der Waals surface area contributed by atoms with Crippen LogP contribution >= 0.6 is 0 Å². The van der Waals surface area contributed by atoms with E-state index in [2.05, 4.69) is 50.4 Å².